The molecular formula is C6H7N5O. The molecule has 0 unspecified atom stereocenters. The Morgan fingerprint density at radius 3 is 2.83 bits per heavy atom. The van der Waals surface area contributed by atoms with Crippen LogP contribution < -0.4 is 5.56 Å². The van der Waals surface area contributed by atoms with E-state index in [1.165, 1.54) is 4.52 Å². The van der Waals surface area contributed by atoms with Crippen LogP contribution in [0.2, 0.25) is 0 Å². The first-order valence-corrected chi connectivity index (χ1v) is 3.47. The van der Waals surface area contributed by atoms with E-state index in [-0.39, 0.29) is 5.56 Å². The van der Waals surface area contributed by atoms with E-state index in [2.05, 4.69) is 20.3 Å². The standard InChI is InChI=1S/C6H7N5O/c1-3-5(12)7-6-9-8-4(2)11(6)10-3/h1-2H3,(H,7,9,12). The van der Waals surface area contributed by atoms with Crippen LogP contribution in [0, 0.1) is 13.8 Å². The molecule has 0 saturated carbocycles. The van der Waals surface area contributed by atoms with Crippen molar-refractivity contribution in [3.05, 3.63) is 21.9 Å². The molecular weight excluding hydrogens is 158 g/mol. The van der Waals surface area contributed by atoms with Gasteiger partial charge in [-0.25, -0.2) is 0 Å². The lowest BCUT2D eigenvalue weighted by atomic mass is 10.5. The minimum absolute atomic E-state index is 0.227. The van der Waals surface area contributed by atoms with Gasteiger partial charge in [0, 0.05) is 0 Å². The molecule has 6 nitrogen and oxygen atoms in total. The van der Waals surface area contributed by atoms with Crippen LogP contribution in [0.3, 0.4) is 0 Å². The van der Waals surface area contributed by atoms with Crippen LogP contribution in [0.4, 0.5) is 0 Å². The van der Waals surface area contributed by atoms with Gasteiger partial charge in [-0.3, -0.25) is 9.78 Å². The number of aromatic amines is 1. The fourth-order valence-corrected chi connectivity index (χ4v) is 0.943. The highest BCUT2D eigenvalue weighted by Crippen LogP contribution is 1.93. The van der Waals surface area contributed by atoms with Gasteiger partial charge >= 0.3 is 0 Å². The molecule has 0 amide bonds. The smallest absolute Gasteiger partial charge is 0.273 e. The number of rotatable bonds is 0. The Hall–Kier alpha value is -1.72. The van der Waals surface area contributed by atoms with Gasteiger partial charge in [0.2, 0.25) is 0 Å². The maximum absolute atomic E-state index is 11.0. The van der Waals surface area contributed by atoms with Crippen molar-refractivity contribution in [3.8, 4) is 0 Å². The molecule has 0 aliphatic heterocycles. The van der Waals surface area contributed by atoms with E-state index in [0.29, 0.717) is 17.3 Å². The Morgan fingerprint density at radius 1 is 1.33 bits per heavy atom. The summed E-state index contributed by atoms with van der Waals surface area (Å²) in [4.78, 5) is 13.6. The molecule has 2 aromatic heterocycles. The molecule has 0 spiro atoms. The predicted octanol–water partition coefficient (Wildman–Crippen LogP) is -0.571. The third-order valence-electron chi connectivity index (χ3n) is 1.60. The summed E-state index contributed by atoms with van der Waals surface area (Å²) in [5.74, 6) is 1.03. The van der Waals surface area contributed by atoms with E-state index in [0.717, 1.165) is 0 Å². The number of aryl methyl sites for hydroxylation is 2. The molecule has 2 aromatic rings. The van der Waals surface area contributed by atoms with Crippen molar-refractivity contribution in [2.75, 3.05) is 0 Å². The van der Waals surface area contributed by atoms with E-state index < -0.39 is 0 Å². The van der Waals surface area contributed by atoms with Crippen molar-refractivity contribution < 1.29 is 0 Å². The van der Waals surface area contributed by atoms with E-state index in [1.807, 2.05) is 0 Å². The number of nitrogens with zero attached hydrogens (tertiary/aromatic N) is 4. The fraction of sp³-hybridized carbons (Fsp3) is 0.333. The number of nitrogens with one attached hydrogen (secondary N) is 1. The van der Waals surface area contributed by atoms with Crippen molar-refractivity contribution in [2.45, 2.75) is 13.8 Å². The van der Waals surface area contributed by atoms with E-state index in [9.17, 15) is 4.79 Å². The number of hydrogen-bond donors (Lipinski definition) is 1. The predicted molar refractivity (Wildman–Crippen MR) is 40.9 cm³/mol. The Kier molecular flexibility index (Phi) is 1.24. The van der Waals surface area contributed by atoms with Crippen molar-refractivity contribution >= 4 is 5.78 Å². The molecule has 0 atom stereocenters. The summed E-state index contributed by atoms with van der Waals surface area (Å²) in [7, 11) is 0. The molecule has 0 radical (unpaired) electrons. The van der Waals surface area contributed by atoms with Crippen molar-refractivity contribution in [2.24, 2.45) is 0 Å². The first kappa shape index (κ1) is 6.96. The molecule has 6 heteroatoms. The quantitative estimate of drug-likeness (QED) is 0.567. The van der Waals surface area contributed by atoms with Gasteiger partial charge in [-0.05, 0) is 13.8 Å². The van der Waals surface area contributed by atoms with Gasteiger partial charge in [-0.2, -0.15) is 9.61 Å². The molecule has 1 N–H and O–H groups in total. The highest BCUT2D eigenvalue weighted by Gasteiger charge is 2.03. The number of fused-ring (bicyclic) bond motifs is 1. The summed E-state index contributed by atoms with van der Waals surface area (Å²) in [6.07, 6.45) is 0. The second kappa shape index (κ2) is 2.13. The molecule has 0 fully saturated rings. The Balaban J connectivity index is 2.97. The third kappa shape index (κ3) is 0.810. The monoisotopic (exact) mass is 165 g/mol. The van der Waals surface area contributed by atoms with Crippen LogP contribution in [-0.4, -0.2) is 24.8 Å². The first-order valence-electron chi connectivity index (χ1n) is 3.47. The Morgan fingerprint density at radius 2 is 2.08 bits per heavy atom. The van der Waals surface area contributed by atoms with Crippen LogP contribution >= 0.6 is 0 Å². The van der Waals surface area contributed by atoms with Crippen LogP contribution in [0.25, 0.3) is 5.78 Å². The van der Waals surface area contributed by atoms with Crippen molar-refractivity contribution in [1.29, 1.82) is 0 Å². The highest BCUT2D eigenvalue weighted by molar-refractivity contribution is 5.23. The third-order valence-corrected chi connectivity index (χ3v) is 1.60. The summed E-state index contributed by atoms with van der Waals surface area (Å²) in [5.41, 5.74) is 0.181. The van der Waals surface area contributed by atoms with Gasteiger partial charge in [0.05, 0.1) is 0 Å². The van der Waals surface area contributed by atoms with Gasteiger partial charge in [-0.1, -0.05) is 0 Å². The fourth-order valence-electron chi connectivity index (χ4n) is 0.943. The molecule has 2 heterocycles. The Bertz CT molecular complexity index is 482. The first-order chi connectivity index (χ1) is 5.68. The van der Waals surface area contributed by atoms with E-state index >= 15 is 0 Å². The lowest BCUT2D eigenvalue weighted by Crippen LogP contribution is -2.15. The summed E-state index contributed by atoms with van der Waals surface area (Å²) < 4.78 is 1.50. The summed E-state index contributed by atoms with van der Waals surface area (Å²) in [5, 5.41) is 11.5. The van der Waals surface area contributed by atoms with E-state index in [4.69, 9.17) is 0 Å². The maximum Gasteiger partial charge on any atom is 0.273 e. The normalized spacial score (nSPS) is 10.8. The molecule has 0 aromatic carbocycles. The van der Waals surface area contributed by atoms with Crippen LogP contribution in [0.15, 0.2) is 4.79 Å². The minimum Gasteiger partial charge on any atom is -0.288 e. The lowest BCUT2D eigenvalue weighted by molar-refractivity contribution is 0.818. The molecule has 0 aliphatic carbocycles. The van der Waals surface area contributed by atoms with Gasteiger partial charge in [-0.15, -0.1) is 10.2 Å². The van der Waals surface area contributed by atoms with Gasteiger partial charge in [0.15, 0.2) is 5.82 Å². The van der Waals surface area contributed by atoms with Crippen molar-refractivity contribution in [3.63, 3.8) is 0 Å². The average Bonchev–Trinajstić information content (AvgIpc) is 2.35. The van der Waals surface area contributed by atoms with Crippen molar-refractivity contribution in [1.82, 2.24) is 24.8 Å². The Labute approximate surface area is 67.3 Å². The van der Waals surface area contributed by atoms with Crippen LogP contribution in [0.1, 0.15) is 11.5 Å². The van der Waals surface area contributed by atoms with Gasteiger partial charge < -0.3 is 0 Å². The maximum atomic E-state index is 11.0. The SMILES string of the molecule is Cc1nn2c(C)nnc2[nH]c1=O. The summed E-state index contributed by atoms with van der Waals surface area (Å²) in [6.45, 7) is 3.41. The highest BCUT2D eigenvalue weighted by atomic mass is 16.1. The van der Waals surface area contributed by atoms with E-state index in [1.54, 1.807) is 13.8 Å². The average molecular weight is 165 g/mol. The van der Waals surface area contributed by atoms with Gasteiger partial charge in [0.25, 0.3) is 11.3 Å². The zero-order valence-corrected chi connectivity index (χ0v) is 6.70. The minimum atomic E-state index is -0.227. The largest absolute Gasteiger partial charge is 0.288 e. The second-order valence-electron chi connectivity index (χ2n) is 2.52. The molecule has 0 saturated heterocycles. The zero-order chi connectivity index (χ0) is 8.72. The van der Waals surface area contributed by atoms with Crippen LogP contribution in [0.5, 0.6) is 0 Å². The molecule has 2 rings (SSSR count). The molecule has 12 heavy (non-hydrogen) atoms. The number of hydrogen-bond acceptors (Lipinski definition) is 4. The number of aromatic nitrogens is 5. The summed E-state index contributed by atoms with van der Waals surface area (Å²) in [6, 6.07) is 0. The topological polar surface area (TPSA) is 75.9 Å². The molecule has 62 valence electrons. The van der Waals surface area contributed by atoms with Crippen LogP contribution in [-0.2, 0) is 0 Å². The number of H-pyrrole nitrogens is 1. The molecule has 0 bridgehead atoms. The zero-order valence-electron chi connectivity index (χ0n) is 6.70. The van der Waals surface area contributed by atoms with Gasteiger partial charge in [0.1, 0.15) is 5.69 Å². The second-order valence-corrected chi connectivity index (χ2v) is 2.52. The summed E-state index contributed by atoms with van der Waals surface area (Å²) >= 11 is 0. The molecule has 0 aliphatic rings. The lowest BCUT2D eigenvalue weighted by Gasteiger charge is -1.93.